The number of hydrogen-bond donors (Lipinski definition) is 2. The van der Waals surface area contributed by atoms with Crippen LogP contribution in [0.1, 0.15) is 5.56 Å². The Morgan fingerprint density at radius 2 is 1.81 bits per heavy atom. The van der Waals surface area contributed by atoms with Gasteiger partial charge in [0.2, 0.25) is 0 Å². The van der Waals surface area contributed by atoms with Gasteiger partial charge in [0.05, 0.1) is 9.82 Å². The smallest absolute Gasteiger partial charge is 0.269 e. The lowest BCUT2D eigenvalue weighted by Gasteiger charge is -2.09. The van der Waals surface area contributed by atoms with Crippen LogP contribution in [0.3, 0.4) is 0 Å². The molecule has 0 radical (unpaired) electrons. The molecule has 0 fully saturated rings. The van der Waals surface area contributed by atoms with Crippen molar-refractivity contribution in [2.75, 3.05) is 10.0 Å². The van der Waals surface area contributed by atoms with Gasteiger partial charge in [0.1, 0.15) is 5.00 Å². The number of nitro groups is 1. The first-order chi connectivity index (χ1) is 12.4. The van der Waals surface area contributed by atoms with Crippen LogP contribution in [0.4, 0.5) is 16.4 Å². The van der Waals surface area contributed by atoms with Crippen molar-refractivity contribution in [2.24, 2.45) is 0 Å². The zero-order valence-electron chi connectivity index (χ0n) is 13.5. The van der Waals surface area contributed by atoms with Gasteiger partial charge < -0.3 is 5.32 Å². The normalized spacial score (nSPS) is 11.1. The Bertz CT molecular complexity index is 1000. The van der Waals surface area contributed by atoms with Gasteiger partial charge in [-0.15, -0.1) is 11.3 Å². The third-order valence-corrected chi connectivity index (χ3v) is 5.83. The van der Waals surface area contributed by atoms with Crippen LogP contribution in [0.2, 0.25) is 0 Å². The van der Waals surface area contributed by atoms with Crippen molar-refractivity contribution >= 4 is 37.7 Å². The van der Waals surface area contributed by atoms with Crippen molar-refractivity contribution in [3.63, 3.8) is 0 Å². The number of nitrogens with zero attached hydrogens (tertiary/aromatic N) is 1. The Morgan fingerprint density at radius 3 is 2.46 bits per heavy atom. The maximum Gasteiger partial charge on any atom is 0.269 e. The van der Waals surface area contributed by atoms with Crippen LogP contribution in [-0.2, 0) is 16.6 Å². The summed E-state index contributed by atoms with van der Waals surface area (Å²) >= 11 is 1.31. The van der Waals surface area contributed by atoms with Gasteiger partial charge in [0.15, 0.2) is 0 Å². The number of nitrogens with one attached hydrogen (secondary N) is 2. The highest BCUT2D eigenvalue weighted by Gasteiger charge is 2.14. The van der Waals surface area contributed by atoms with E-state index >= 15 is 0 Å². The van der Waals surface area contributed by atoms with E-state index < -0.39 is 14.9 Å². The summed E-state index contributed by atoms with van der Waals surface area (Å²) in [5.41, 5.74) is 1.51. The third-order valence-electron chi connectivity index (χ3n) is 3.54. The van der Waals surface area contributed by atoms with E-state index in [1.807, 2.05) is 0 Å². The van der Waals surface area contributed by atoms with Gasteiger partial charge in [-0.1, -0.05) is 12.1 Å². The summed E-state index contributed by atoms with van der Waals surface area (Å²) in [4.78, 5) is 10.5. The number of nitro benzene ring substituents is 1. The fourth-order valence-electron chi connectivity index (χ4n) is 2.26. The van der Waals surface area contributed by atoms with Crippen molar-refractivity contribution in [2.45, 2.75) is 11.4 Å². The van der Waals surface area contributed by atoms with Crippen LogP contribution in [0.15, 0.2) is 70.9 Å². The van der Waals surface area contributed by atoms with E-state index in [4.69, 9.17) is 0 Å². The zero-order chi connectivity index (χ0) is 18.6. The number of anilines is 2. The molecule has 3 rings (SSSR count). The monoisotopic (exact) mass is 389 g/mol. The second-order valence-corrected chi connectivity index (χ2v) is 8.02. The minimum Gasteiger partial charge on any atom is -0.381 e. The first-order valence-electron chi connectivity index (χ1n) is 7.58. The fraction of sp³-hybridized carbons (Fsp3) is 0.0588. The maximum absolute atomic E-state index is 12.3. The first kappa shape index (κ1) is 17.9. The second kappa shape index (κ2) is 7.54. The number of rotatable bonds is 7. The van der Waals surface area contributed by atoms with Crippen molar-refractivity contribution in [3.05, 3.63) is 81.7 Å². The number of hydrogen-bond acceptors (Lipinski definition) is 6. The van der Waals surface area contributed by atoms with E-state index in [1.54, 1.807) is 41.8 Å². The molecule has 0 spiro atoms. The van der Waals surface area contributed by atoms with Crippen molar-refractivity contribution in [3.8, 4) is 0 Å². The van der Waals surface area contributed by atoms with Gasteiger partial charge in [-0.3, -0.25) is 14.8 Å². The molecule has 134 valence electrons. The average Bonchev–Trinajstić information content (AvgIpc) is 3.13. The molecule has 0 saturated heterocycles. The highest BCUT2D eigenvalue weighted by Crippen LogP contribution is 2.22. The number of thiophene rings is 1. The molecule has 0 aliphatic heterocycles. The topological polar surface area (TPSA) is 101 Å². The molecular formula is C17H15N3O4S2. The summed E-state index contributed by atoms with van der Waals surface area (Å²) in [5, 5.41) is 16.3. The molecule has 0 amide bonds. The zero-order valence-corrected chi connectivity index (χ0v) is 15.1. The van der Waals surface area contributed by atoms with Crippen LogP contribution < -0.4 is 10.0 Å². The van der Waals surface area contributed by atoms with Crippen LogP contribution >= 0.6 is 11.3 Å². The lowest BCUT2D eigenvalue weighted by molar-refractivity contribution is -0.384. The predicted molar refractivity (Wildman–Crippen MR) is 102 cm³/mol. The molecular weight excluding hydrogens is 374 g/mol. The molecule has 2 aromatic carbocycles. The number of non-ortho nitro benzene ring substituents is 1. The second-order valence-electron chi connectivity index (χ2n) is 5.39. The van der Waals surface area contributed by atoms with Gasteiger partial charge >= 0.3 is 0 Å². The Kier molecular flexibility index (Phi) is 5.19. The molecule has 9 heteroatoms. The quantitative estimate of drug-likeness (QED) is 0.468. The average molecular weight is 389 g/mol. The van der Waals surface area contributed by atoms with Crippen molar-refractivity contribution in [1.29, 1.82) is 0 Å². The van der Waals surface area contributed by atoms with Crippen LogP contribution in [0.25, 0.3) is 0 Å². The van der Waals surface area contributed by atoms with E-state index in [-0.39, 0.29) is 10.6 Å². The summed E-state index contributed by atoms with van der Waals surface area (Å²) in [6.07, 6.45) is 0. The van der Waals surface area contributed by atoms with Crippen molar-refractivity contribution < 1.29 is 13.3 Å². The molecule has 3 aromatic rings. The molecule has 0 saturated carbocycles. The molecule has 7 nitrogen and oxygen atoms in total. The molecule has 26 heavy (non-hydrogen) atoms. The summed E-state index contributed by atoms with van der Waals surface area (Å²) in [7, 11) is -3.62. The summed E-state index contributed by atoms with van der Waals surface area (Å²) in [6.45, 7) is 0.390. The minimum atomic E-state index is -3.62. The molecule has 0 atom stereocenters. The van der Waals surface area contributed by atoms with E-state index in [9.17, 15) is 18.5 Å². The van der Waals surface area contributed by atoms with Gasteiger partial charge in [-0.05, 0) is 47.3 Å². The molecule has 0 bridgehead atoms. The van der Waals surface area contributed by atoms with Crippen LogP contribution in [-0.4, -0.2) is 13.3 Å². The van der Waals surface area contributed by atoms with E-state index in [2.05, 4.69) is 10.0 Å². The minimum absolute atomic E-state index is 0.0328. The van der Waals surface area contributed by atoms with Gasteiger partial charge in [-0.2, -0.15) is 0 Å². The van der Waals surface area contributed by atoms with E-state index in [0.29, 0.717) is 17.2 Å². The van der Waals surface area contributed by atoms with E-state index in [0.717, 1.165) is 5.56 Å². The Morgan fingerprint density at radius 1 is 1.04 bits per heavy atom. The first-order valence-corrected chi connectivity index (χ1v) is 9.94. The standard InChI is InChI=1S/C17H15N3O4S2/c21-20(22)15-4-1-3-13(11-15)12-18-14-6-8-16(9-7-14)26(23,24)19-17-5-2-10-25-17/h1-11,18-19H,12H2. The van der Waals surface area contributed by atoms with Gasteiger partial charge in [-0.25, -0.2) is 8.42 Å². The van der Waals surface area contributed by atoms with Crippen LogP contribution in [0.5, 0.6) is 0 Å². The summed E-state index contributed by atoms with van der Waals surface area (Å²) in [5.74, 6) is 0. The summed E-state index contributed by atoms with van der Waals surface area (Å²) in [6, 6.07) is 16.1. The largest absolute Gasteiger partial charge is 0.381 e. The highest BCUT2D eigenvalue weighted by molar-refractivity contribution is 7.93. The molecule has 1 aromatic heterocycles. The number of sulfonamides is 1. The summed E-state index contributed by atoms with van der Waals surface area (Å²) < 4.78 is 27.1. The molecule has 0 unspecified atom stereocenters. The number of benzene rings is 2. The van der Waals surface area contributed by atoms with Gasteiger partial charge in [0, 0.05) is 24.4 Å². The Balaban J connectivity index is 1.66. The molecule has 0 aliphatic carbocycles. The Hall–Kier alpha value is -2.91. The lowest BCUT2D eigenvalue weighted by Crippen LogP contribution is -2.12. The predicted octanol–water partition coefficient (Wildman–Crippen LogP) is 4.07. The van der Waals surface area contributed by atoms with Crippen LogP contribution in [0, 0.1) is 10.1 Å². The molecule has 2 N–H and O–H groups in total. The lowest BCUT2D eigenvalue weighted by atomic mass is 10.2. The maximum atomic E-state index is 12.3. The van der Waals surface area contributed by atoms with Crippen molar-refractivity contribution in [1.82, 2.24) is 0 Å². The third kappa shape index (κ3) is 4.38. The highest BCUT2D eigenvalue weighted by atomic mass is 32.2. The fourth-order valence-corrected chi connectivity index (χ4v) is 4.19. The Labute approximate surface area is 154 Å². The molecule has 1 heterocycles. The SMILES string of the molecule is O=[N+]([O-])c1cccc(CNc2ccc(S(=O)(=O)Nc3cccs3)cc2)c1. The van der Waals surface area contributed by atoms with Gasteiger partial charge in [0.25, 0.3) is 15.7 Å². The molecule has 0 aliphatic rings. The van der Waals surface area contributed by atoms with E-state index in [1.165, 1.54) is 35.6 Å².